The second-order valence-electron chi connectivity index (χ2n) is 6.01. The third-order valence-corrected chi connectivity index (χ3v) is 5.87. The van der Waals surface area contributed by atoms with Gasteiger partial charge in [-0.05, 0) is 31.9 Å². The van der Waals surface area contributed by atoms with E-state index in [1.165, 1.54) is 31.5 Å². The summed E-state index contributed by atoms with van der Waals surface area (Å²) in [5.74, 6) is -1.13. The molecule has 23 heavy (non-hydrogen) atoms. The second-order valence-corrected chi connectivity index (χ2v) is 7.70. The van der Waals surface area contributed by atoms with Crippen molar-refractivity contribution < 1.29 is 17.6 Å². The van der Waals surface area contributed by atoms with Crippen molar-refractivity contribution in [3.05, 3.63) is 30.1 Å². The lowest BCUT2D eigenvalue weighted by Gasteiger charge is -2.33. The molecule has 0 saturated heterocycles. The maximum Gasteiger partial charge on any atom is 0.244 e. The molecule has 1 N–H and O–H groups in total. The summed E-state index contributed by atoms with van der Waals surface area (Å²) in [5.41, 5.74) is 0. The van der Waals surface area contributed by atoms with Crippen LogP contribution in [0.1, 0.15) is 39.0 Å². The van der Waals surface area contributed by atoms with Crippen LogP contribution in [0.25, 0.3) is 0 Å². The molecular weight excluding hydrogens is 319 g/mol. The first-order valence-corrected chi connectivity index (χ1v) is 9.35. The van der Waals surface area contributed by atoms with Crippen molar-refractivity contribution in [1.82, 2.24) is 9.62 Å². The molecule has 0 bridgehead atoms. The standard InChI is InChI=1S/C16H23FN2O3S/c1-12(16(20)19(2)13-8-4-3-5-9-13)18-23(21,22)15-11-7-6-10-14(15)17/h6-7,10-13,18H,3-5,8-9H2,1-2H3/t12-/m1/s1. The van der Waals surface area contributed by atoms with Crippen LogP contribution in [0, 0.1) is 5.82 Å². The first-order valence-electron chi connectivity index (χ1n) is 7.86. The molecule has 1 atom stereocenters. The molecule has 7 heteroatoms. The van der Waals surface area contributed by atoms with E-state index in [2.05, 4.69) is 4.72 Å². The molecule has 1 aromatic rings. The van der Waals surface area contributed by atoms with Crippen LogP contribution < -0.4 is 4.72 Å². The monoisotopic (exact) mass is 342 g/mol. The molecule has 1 amide bonds. The Kier molecular flexibility index (Phi) is 5.75. The summed E-state index contributed by atoms with van der Waals surface area (Å²) in [6.45, 7) is 1.49. The van der Waals surface area contributed by atoms with Gasteiger partial charge < -0.3 is 4.90 Å². The van der Waals surface area contributed by atoms with Crippen LogP contribution >= 0.6 is 0 Å². The molecule has 5 nitrogen and oxygen atoms in total. The van der Waals surface area contributed by atoms with Crippen LogP contribution in [0.2, 0.25) is 0 Å². The Labute approximate surface area is 136 Å². The average molecular weight is 342 g/mol. The second kappa shape index (κ2) is 7.40. The third kappa shape index (κ3) is 4.29. The topological polar surface area (TPSA) is 66.5 Å². The Balaban J connectivity index is 2.06. The van der Waals surface area contributed by atoms with Gasteiger partial charge in [0.15, 0.2) is 0 Å². The number of carbonyl (C=O) groups excluding carboxylic acids is 1. The number of nitrogens with one attached hydrogen (secondary N) is 1. The smallest absolute Gasteiger partial charge is 0.244 e. The van der Waals surface area contributed by atoms with E-state index in [-0.39, 0.29) is 11.9 Å². The summed E-state index contributed by atoms with van der Waals surface area (Å²) >= 11 is 0. The molecule has 128 valence electrons. The van der Waals surface area contributed by atoms with Gasteiger partial charge in [-0.25, -0.2) is 12.8 Å². The van der Waals surface area contributed by atoms with E-state index in [1.54, 1.807) is 11.9 Å². The lowest BCUT2D eigenvalue weighted by molar-refractivity contribution is -0.133. The van der Waals surface area contributed by atoms with Gasteiger partial charge >= 0.3 is 0 Å². The minimum atomic E-state index is -4.07. The summed E-state index contributed by atoms with van der Waals surface area (Å²) in [6.07, 6.45) is 5.22. The van der Waals surface area contributed by atoms with E-state index in [1.807, 2.05) is 0 Å². The lowest BCUT2D eigenvalue weighted by Crippen LogP contribution is -2.49. The summed E-state index contributed by atoms with van der Waals surface area (Å²) < 4.78 is 40.4. The van der Waals surface area contributed by atoms with E-state index in [9.17, 15) is 17.6 Å². The minimum Gasteiger partial charge on any atom is -0.341 e. The number of rotatable bonds is 5. The van der Waals surface area contributed by atoms with Gasteiger partial charge in [-0.3, -0.25) is 4.79 Å². The van der Waals surface area contributed by atoms with Crippen LogP contribution in [-0.4, -0.2) is 38.4 Å². The average Bonchev–Trinajstić information content (AvgIpc) is 2.54. The zero-order chi connectivity index (χ0) is 17.0. The van der Waals surface area contributed by atoms with Gasteiger partial charge in [0, 0.05) is 13.1 Å². The number of halogens is 1. The van der Waals surface area contributed by atoms with Crippen LogP contribution in [0.3, 0.4) is 0 Å². The van der Waals surface area contributed by atoms with E-state index in [0.29, 0.717) is 0 Å². The highest BCUT2D eigenvalue weighted by Crippen LogP contribution is 2.22. The van der Waals surface area contributed by atoms with Crippen LogP contribution in [0.4, 0.5) is 4.39 Å². The van der Waals surface area contributed by atoms with Gasteiger partial charge in [-0.15, -0.1) is 0 Å². The SMILES string of the molecule is C[C@@H](NS(=O)(=O)c1ccccc1F)C(=O)N(C)C1CCCCC1. The van der Waals surface area contributed by atoms with Crippen LogP contribution in [0.15, 0.2) is 29.2 Å². The van der Waals surface area contributed by atoms with Gasteiger partial charge in [0.2, 0.25) is 15.9 Å². The normalized spacial score (nSPS) is 17.7. The minimum absolute atomic E-state index is 0.150. The molecule has 0 aliphatic heterocycles. The van der Waals surface area contributed by atoms with E-state index in [0.717, 1.165) is 31.7 Å². The Morgan fingerprint density at radius 2 is 1.87 bits per heavy atom. The highest BCUT2D eigenvalue weighted by molar-refractivity contribution is 7.89. The molecule has 1 aliphatic carbocycles. The highest BCUT2D eigenvalue weighted by atomic mass is 32.2. The van der Waals surface area contributed by atoms with Crippen LogP contribution in [0.5, 0.6) is 0 Å². The Bertz CT molecular complexity index is 657. The Morgan fingerprint density at radius 1 is 1.26 bits per heavy atom. The molecular formula is C16H23FN2O3S. The fourth-order valence-electron chi connectivity index (χ4n) is 2.96. The molecule has 1 aromatic carbocycles. The maximum absolute atomic E-state index is 13.7. The first-order chi connectivity index (χ1) is 10.8. The number of hydrogen-bond acceptors (Lipinski definition) is 3. The number of carbonyl (C=O) groups is 1. The molecule has 2 rings (SSSR count). The van der Waals surface area contributed by atoms with E-state index >= 15 is 0 Å². The van der Waals surface area contributed by atoms with Gasteiger partial charge in [0.1, 0.15) is 10.7 Å². The molecule has 0 spiro atoms. The van der Waals surface area contributed by atoms with Gasteiger partial charge in [0.05, 0.1) is 6.04 Å². The fraction of sp³-hybridized carbons (Fsp3) is 0.562. The number of benzene rings is 1. The summed E-state index contributed by atoms with van der Waals surface area (Å²) in [5, 5.41) is 0. The van der Waals surface area contributed by atoms with Gasteiger partial charge in [-0.1, -0.05) is 31.4 Å². The lowest BCUT2D eigenvalue weighted by atomic mass is 9.94. The first kappa shape index (κ1) is 17.9. The van der Waals surface area contributed by atoms with Crippen molar-refractivity contribution in [2.75, 3.05) is 7.05 Å². The quantitative estimate of drug-likeness (QED) is 0.893. The number of nitrogens with zero attached hydrogens (tertiary/aromatic N) is 1. The van der Waals surface area contributed by atoms with Crippen LogP contribution in [-0.2, 0) is 14.8 Å². The molecule has 0 unspecified atom stereocenters. The molecule has 0 radical (unpaired) electrons. The predicted octanol–water partition coefficient (Wildman–Crippen LogP) is 2.28. The van der Waals surface area contributed by atoms with Crippen molar-refractivity contribution >= 4 is 15.9 Å². The van der Waals surface area contributed by atoms with Crippen molar-refractivity contribution in [2.45, 2.75) is 56.0 Å². The third-order valence-electron chi connectivity index (χ3n) is 4.30. The van der Waals surface area contributed by atoms with E-state index < -0.39 is 26.8 Å². The molecule has 1 saturated carbocycles. The Morgan fingerprint density at radius 3 is 2.48 bits per heavy atom. The summed E-state index contributed by atoms with van der Waals surface area (Å²) in [6, 6.07) is 4.33. The van der Waals surface area contributed by atoms with Crippen molar-refractivity contribution in [3.63, 3.8) is 0 Å². The molecule has 1 aliphatic rings. The van der Waals surface area contributed by atoms with Crippen molar-refractivity contribution in [2.24, 2.45) is 0 Å². The summed E-state index contributed by atoms with van der Waals surface area (Å²) in [4.78, 5) is 13.6. The summed E-state index contributed by atoms with van der Waals surface area (Å²) in [7, 11) is -2.37. The number of likely N-dealkylation sites (N-methyl/N-ethyl adjacent to an activating group) is 1. The Hall–Kier alpha value is -1.47. The predicted molar refractivity (Wildman–Crippen MR) is 85.8 cm³/mol. The number of amides is 1. The van der Waals surface area contributed by atoms with Gasteiger partial charge in [-0.2, -0.15) is 4.72 Å². The molecule has 0 aromatic heterocycles. The molecule has 0 heterocycles. The van der Waals surface area contributed by atoms with Gasteiger partial charge in [0.25, 0.3) is 0 Å². The molecule has 1 fully saturated rings. The van der Waals surface area contributed by atoms with E-state index in [4.69, 9.17) is 0 Å². The number of sulfonamides is 1. The largest absolute Gasteiger partial charge is 0.341 e. The van der Waals surface area contributed by atoms with Crippen molar-refractivity contribution in [1.29, 1.82) is 0 Å². The van der Waals surface area contributed by atoms with Crippen molar-refractivity contribution in [3.8, 4) is 0 Å². The highest BCUT2D eigenvalue weighted by Gasteiger charge is 2.29. The maximum atomic E-state index is 13.7. The fourth-order valence-corrected chi connectivity index (χ4v) is 4.24. The zero-order valence-corrected chi connectivity index (χ0v) is 14.3. The zero-order valence-electron chi connectivity index (χ0n) is 13.5. The number of hydrogen-bond donors (Lipinski definition) is 1.